The largest absolute Gasteiger partial charge is 0.350 e. The fraction of sp³-hybridized carbons (Fsp3) is 0.304. The van der Waals surface area contributed by atoms with Gasteiger partial charge in [-0.3, -0.25) is 14.8 Å². The first-order valence-electron chi connectivity index (χ1n) is 10.1. The highest BCUT2D eigenvalue weighted by Gasteiger charge is 2.23. The van der Waals surface area contributed by atoms with Crippen LogP contribution in [0.1, 0.15) is 30.1 Å². The van der Waals surface area contributed by atoms with E-state index in [0.29, 0.717) is 23.2 Å². The highest BCUT2D eigenvalue weighted by Crippen LogP contribution is 2.25. The van der Waals surface area contributed by atoms with Crippen LogP contribution in [-0.4, -0.2) is 46.7 Å². The van der Waals surface area contributed by atoms with E-state index in [1.165, 1.54) is 6.42 Å². The number of carbonyl (C=O) groups is 1. The van der Waals surface area contributed by atoms with Gasteiger partial charge >= 0.3 is 0 Å². The van der Waals surface area contributed by atoms with E-state index < -0.39 is 0 Å². The molecule has 5 nitrogen and oxygen atoms in total. The number of nitrogens with zero attached hydrogens (tertiary/aromatic N) is 2. The summed E-state index contributed by atoms with van der Waals surface area (Å²) in [6.07, 6.45) is 2.37. The molecule has 2 N–H and O–H groups in total. The van der Waals surface area contributed by atoms with Gasteiger partial charge in [-0.1, -0.05) is 42.8 Å². The fourth-order valence-corrected chi connectivity index (χ4v) is 4.02. The quantitative estimate of drug-likeness (QED) is 0.626. The van der Waals surface area contributed by atoms with Gasteiger partial charge in [-0.2, -0.15) is 5.10 Å². The predicted molar refractivity (Wildman–Crippen MR) is 117 cm³/mol. The van der Waals surface area contributed by atoms with Gasteiger partial charge in [-0.25, -0.2) is 0 Å². The lowest BCUT2D eigenvalue weighted by Crippen LogP contribution is -2.40. The Morgan fingerprint density at radius 3 is 2.62 bits per heavy atom. The molecule has 3 aromatic rings. The predicted octanol–water partition coefficient (Wildman–Crippen LogP) is 4.61. The summed E-state index contributed by atoms with van der Waals surface area (Å²) in [5.41, 5.74) is 4.42. The number of carbonyl (C=O) groups excluding carboxylic acids is 1. The second-order valence-electron chi connectivity index (χ2n) is 7.39. The lowest BCUT2D eigenvalue weighted by atomic mass is 10.1. The Bertz CT molecular complexity index is 965. The number of hydrogen-bond donors (Lipinski definition) is 2. The zero-order valence-corrected chi connectivity index (χ0v) is 17.2. The lowest BCUT2D eigenvalue weighted by Gasteiger charge is -2.22. The molecule has 1 atom stereocenters. The number of halogens is 1. The minimum atomic E-state index is -0.0246. The molecule has 4 rings (SSSR count). The van der Waals surface area contributed by atoms with Crippen LogP contribution in [0.5, 0.6) is 0 Å². The van der Waals surface area contributed by atoms with E-state index in [1.54, 1.807) is 0 Å². The number of H-pyrrole nitrogens is 1. The monoisotopic (exact) mass is 408 g/mol. The van der Waals surface area contributed by atoms with Crippen molar-refractivity contribution < 1.29 is 4.79 Å². The third-order valence-electron chi connectivity index (χ3n) is 5.58. The summed E-state index contributed by atoms with van der Waals surface area (Å²) in [6, 6.07) is 17.7. The summed E-state index contributed by atoms with van der Waals surface area (Å²) in [6.45, 7) is 5.05. The lowest BCUT2D eigenvalue weighted by molar-refractivity contribution is 0.0941. The average Bonchev–Trinajstić information content (AvgIpc) is 3.42. The minimum absolute atomic E-state index is 0.0246. The van der Waals surface area contributed by atoms with Crippen molar-refractivity contribution in [1.82, 2.24) is 20.4 Å². The van der Waals surface area contributed by atoms with Crippen molar-refractivity contribution in [3.8, 4) is 22.5 Å². The van der Waals surface area contributed by atoms with Crippen LogP contribution in [0.3, 0.4) is 0 Å². The second kappa shape index (κ2) is 8.80. The Hall–Kier alpha value is -2.63. The molecule has 1 fully saturated rings. The number of amides is 1. The van der Waals surface area contributed by atoms with E-state index >= 15 is 0 Å². The molecule has 29 heavy (non-hydrogen) atoms. The number of likely N-dealkylation sites (N-methyl/N-ethyl adjacent to an activating group) is 1. The van der Waals surface area contributed by atoms with Crippen LogP contribution in [0.15, 0.2) is 54.6 Å². The maximum absolute atomic E-state index is 12.5. The topological polar surface area (TPSA) is 61.0 Å². The highest BCUT2D eigenvalue weighted by atomic mass is 35.5. The molecule has 0 aliphatic carbocycles. The second-order valence-corrected chi connectivity index (χ2v) is 7.82. The van der Waals surface area contributed by atoms with Gasteiger partial charge in [-0.15, -0.1) is 0 Å². The molecule has 2 aromatic carbocycles. The van der Waals surface area contributed by atoms with Gasteiger partial charge < -0.3 is 5.32 Å². The van der Waals surface area contributed by atoms with Gasteiger partial charge in [0.2, 0.25) is 0 Å². The van der Waals surface area contributed by atoms with E-state index in [9.17, 15) is 4.79 Å². The molecular formula is C23H25ClN4O. The Morgan fingerprint density at radius 2 is 1.90 bits per heavy atom. The fourth-order valence-electron chi connectivity index (χ4n) is 3.89. The SMILES string of the molecule is CCN1CCC[C@H]1CNC(=O)c1ccc(-c2cc(-c3ccc(Cl)cc3)[nH]n2)cc1. The molecule has 1 saturated heterocycles. The van der Waals surface area contributed by atoms with Crippen LogP contribution in [-0.2, 0) is 0 Å². The zero-order valence-electron chi connectivity index (χ0n) is 16.5. The minimum Gasteiger partial charge on any atom is -0.350 e. The normalized spacial score (nSPS) is 16.8. The molecule has 1 aliphatic rings. The summed E-state index contributed by atoms with van der Waals surface area (Å²) in [4.78, 5) is 14.9. The number of nitrogens with one attached hydrogen (secondary N) is 2. The molecule has 0 saturated carbocycles. The van der Waals surface area contributed by atoms with Crippen LogP contribution in [0, 0.1) is 0 Å². The molecule has 0 unspecified atom stereocenters. The van der Waals surface area contributed by atoms with Crippen molar-refractivity contribution in [3.63, 3.8) is 0 Å². The molecular weight excluding hydrogens is 384 g/mol. The zero-order chi connectivity index (χ0) is 20.2. The molecule has 1 aliphatic heterocycles. The smallest absolute Gasteiger partial charge is 0.251 e. The molecule has 1 aromatic heterocycles. The van der Waals surface area contributed by atoms with Gasteiger partial charge in [0, 0.05) is 28.7 Å². The maximum Gasteiger partial charge on any atom is 0.251 e. The Morgan fingerprint density at radius 1 is 1.17 bits per heavy atom. The van der Waals surface area contributed by atoms with Crippen molar-refractivity contribution in [2.24, 2.45) is 0 Å². The van der Waals surface area contributed by atoms with Crippen molar-refractivity contribution in [3.05, 3.63) is 65.2 Å². The number of likely N-dealkylation sites (tertiary alicyclic amines) is 1. The standard InChI is InChI=1S/C23H25ClN4O/c1-2-28-13-3-4-20(28)15-25-23(29)18-7-5-16(6-8-18)21-14-22(27-26-21)17-9-11-19(24)12-10-17/h5-12,14,20H,2-4,13,15H2,1H3,(H,25,29)(H,26,27)/t20-/m0/s1. The molecule has 0 spiro atoms. The Balaban J connectivity index is 1.40. The Labute approximate surface area is 176 Å². The first-order valence-corrected chi connectivity index (χ1v) is 10.5. The number of aromatic nitrogens is 2. The van der Waals surface area contributed by atoms with Gasteiger partial charge in [0.25, 0.3) is 5.91 Å². The molecule has 1 amide bonds. The summed E-state index contributed by atoms with van der Waals surface area (Å²) >= 11 is 5.95. The maximum atomic E-state index is 12.5. The van der Waals surface area contributed by atoms with Gasteiger partial charge in [0.15, 0.2) is 0 Å². The third kappa shape index (κ3) is 4.52. The van der Waals surface area contributed by atoms with Gasteiger partial charge in [0.1, 0.15) is 0 Å². The van der Waals surface area contributed by atoms with E-state index in [2.05, 4.69) is 27.3 Å². The summed E-state index contributed by atoms with van der Waals surface area (Å²) in [7, 11) is 0. The number of aromatic amines is 1. The van der Waals surface area contributed by atoms with E-state index in [-0.39, 0.29) is 5.91 Å². The molecule has 0 bridgehead atoms. The summed E-state index contributed by atoms with van der Waals surface area (Å²) in [5, 5.41) is 11.3. The first-order chi connectivity index (χ1) is 14.1. The molecule has 2 heterocycles. The molecule has 0 radical (unpaired) electrons. The van der Waals surface area contributed by atoms with Crippen LogP contribution < -0.4 is 5.32 Å². The van der Waals surface area contributed by atoms with Crippen LogP contribution in [0.2, 0.25) is 5.02 Å². The van der Waals surface area contributed by atoms with Crippen molar-refractivity contribution >= 4 is 17.5 Å². The number of hydrogen-bond acceptors (Lipinski definition) is 3. The Kier molecular flexibility index (Phi) is 5.97. The summed E-state index contributed by atoms with van der Waals surface area (Å²) in [5.74, 6) is -0.0246. The highest BCUT2D eigenvalue weighted by molar-refractivity contribution is 6.30. The van der Waals surface area contributed by atoms with E-state index in [4.69, 9.17) is 11.6 Å². The average molecular weight is 409 g/mol. The van der Waals surface area contributed by atoms with Crippen molar-refractivity contribution in [2.45, 2.75) is 25.8 Å². The first kappa shape index (κ1) is 19.7. The van der Waals surface area contributed by atoms with Gasteiger partial charge in [-0.05, 0) is 61.8 Å². The van der Waals surface area contributed by atoms with Crippen LogP contribution >= 0.6 is 11.6 Å². The number of benzene rings is 2. The van der Waals surface area contributed by atoms with Gasteiger partial charge in [0.05, 0.1) is 11.4 Å². The third-order valence-corrected chi connectivity index (χ3v) is 5.83. The van der Waals surface area contributed by atoms with Crippen LogP contribution in [0.4, 0.5) is 0 Å². The number of rotatable bonds is 6. The molecule has 6 heteroatoms. The summed E-state index contributed by atoms with van der Waals surface area (Å²) < 4.78 is 0. The van der Waals surface area contributed by atoms with Crippen molar-refractivity contribution in [1.29, 1.82) is 0 Å². The molecule has 150 valence electrons. The van der Waals surface area contributed by atoms with E-state index in [1.807, 2.05) is 54.6 Å². The van der Waals surface area contributed by atoms with Crippen LogP contribution in [0.25, 0.3) is 22.5 Å². The van der Waals surface area contributed by atoms with Crippen molar-refractivity contribution in [2.75, 3.05) is 19.6 Å². The van der Waals surface area contributed by atoms with E-state index in [0.717, 1.165) is 42.0 Å².